The van der Waals surface area contributed by atoms with Crippen LogP contribution in [0.25, 0.3) is 6.08 Å². The summed E-state index contributed by atoms with van der Waals surface area (Å²) < 4.78 is 16.0. The zero-order valence-corrected chi connectivity index (χ0v) is 21.0. The van der Waals surface area contributed by atoms with Gasteiger partial charge in [0.05, 0.1) is 13.7 Å². The highest BCUT2D eigenvalue weighted by atomic mass is 16.6. The molecule has 1 aliphatic rings. The minimum absolute atomic E-state index is 0.0000611. The standard InChI is InChI=1S/C27H29N3O7/c1-5-7-19-12-18(14-22(35-4)25(19)37-16-24(32)36-6-2)13-21-26(33)30(27(34)29-21)15-23(31)28-20-10-8-17(3)9-11-20/h5,8-14H,1,6-7,15-16H2,2-4H3,(H,28,31)(H,29,34)/b21-13+. The van der Waals surface area contributed by atoms with E-state index in [-0.39, 0.29) is 18.9 Å². The summed E-state index contributed by atoms with van der Waals surface area (Å²) in [5.41, 5.74) is 2.78. The van der Waals surface area contributed by atoms with Crippen LogP contribution in [0.3, 0.4) is 0 Å². The van der Waals surface area contributed by atoms with Gasteiger partial charge in [-0.05, 0) is 56.2 Å². The molecular formula is C27H29N3O7. The van der Waals surface area contributed by atoms with Crippen LogP contribution in [0.5, 0.6) is 11.5 Å². The molecule has 0 bridgehead atoms. The van der Waals surface area contributed by atoms with Gasteiger partial charge in [-0.1, -0.05) is 23.8 Å². The Morgan fingerprint density at radius 3 is 2.54 bits per heavy atom. The Kier molecular flexibility index (Phi) is 9.04. The maximum Gasteiger partial charge on any atom is 0.344 e. The average molecular weight is 508 g/mol. The number of hydrogen-bond acceptors (Lipinski definition) is 7. The van der Waals surface area contributed by atoms with Crippen molar-refractivity contribution in [3.05, 3.63) is 71.4 Å². The molecule has 0 radical (unpaired) electrons. The fourth-order valence-corrected chi connectivity index (χ4v) is 3.59. The van der Waals surface area contributed by atoms with Crippen LogP contribution in [0, 0.1) is 6.92 Å². The lowest BCUT2D eigenvalue weighted by Crippen LogP contribution is -2.38. The van der Waals surface area contributed by atoms with Gasteiger partial charge in [0.15, 0.2) is 18.1 Å². The van der Waals surface area contributed by atoms with Crippen molar-refractivity contribution in [3.8, 4) is 11.5 Å². The number of carbonyl (C=O) groups is 4. The lowest BCUT2D eigenvalue weighted by Gasteiger charge is -2.15. The molecule has 0 spiro atoms. The quantitative estimate of drug-likeness (QED) is 0.207. The maximum absolute atomic E-state index is 12.9. The third kappa shape index (κ3) is 6.97. The summed E-state index contributed by atoms with van der Waals surface area (Å²) in [6.45, 7) is 6.85. The summed E-state index contributed by atoms with van der Waals surface area (Å²) in [5.74, 6) is -1.01. The van der Waals surface area contributed by atoms with Crippen molar-refractivity contribution in [1.29, 1.82) is 0 Å². The van der Waals surface area contributed by atoms with Crippen LogP contribution in [0.1, 0.15) is 23.6 Å². The number of hydrogen-bond donors (Lipinski definition) is 2. The highest BCUT2D eigenvalue weighted by Gasteiger charge is 2.35. The number of amides is 4. The van der Waals surface area contributed by atoms with Crippen molar-refractivity contribution in [2.24, 2.45) is 0 Å². The van der Waals surface area contributed by atoms with Crippen LogP contribution in [0.15, 0.2) is 54.8 Å². The van der Waals surface area contributed by atoms with E-state index in [9.17, 15) is 19.2 Å². The van der Waals surface area contributed by atoms with Crippen LogP contribution < -0.4 is 20.1 Å². The van der Waals surface area contributed by atoms with Crippen LogP contribution >= 0.6 is 0 Å². The van der Waals surface area contributed by atoms with Crippen molar-refractivity contribution in [2.75, 3.05) is 32.2 Å². The van der Waals surface area contributed by atoms with Gasteiger partial charge in [0, 0.05) is 11.3 Å². The van der Waals surface area contributed by atoms with E-state index in [1.165, 1.54) is 13.2 Å². The molecule has 0 unspecified atom stereocenters. The van der Waals surface area contributed by atoms with Gasteiger partial charge in [0.2, 0.25) is 5.91 Å². The molecule has 4 amide bonds. The summed E-state index contributed by atoms with van der Waals surface area (Å²) >= 11 is 0. The molecule has 3 rings (SSSR count). The van der Waals surface area contributed by atoms with Gasteiger partial charge in [0.25, 0.3) is 5.91 Å². The van der Waals surface area contributed by atoms with Gasteiger partial charge in [-0.3, -0.25) is 9.59 Å². The van der Waals surface area contributed by atoms with E-state index < -0.39 is 30.4 Å². The first-order chi connectivity index (χ1) is 17.7. The van der Waals surface area contributed by atoms with Gasteiger partial charge in [-0.2, -0.15) is 0 Å². The lowest BCUT2D eigenvalue weighted by atomic mass is 10.0. The molecule has 0 saturated carbocycles. The number of rotatable bonds is 11. The predicted molar refractivity (Wildman–Crippen MR) is 137 cm³/mol. The Morgan fingerprint density at radius 1 is 1.16 bits per heavy atom. The third-order valence-corrected chi connectivity index (χ3v) is 5.29. The predicted octanol–water partition coefficient (Wildman–Crippen LogP) is 3.21. The Hall–Kier alpha value is -4.60. The van der Waals surface area contributed by atoms with Crippen molar-refractivity contribution in [2.45, 2.75) is 20.3 Å². The second-order valence-electron chi connectivity index (χ2n) is 8.09. The number of allylic oxidation sites excluding steroid dienone is 1. The van der Waals surface area contributed by atoms with Crippen LogP contribution in [0.4, 0.5) is 10.5 Å². The normalized spacial score (nSPS) is 13.8. The van der Waals surface area contributed by atoms with Gasteiger partial charge < -0.3 is 24.8 Å². The third-order valence-electron chi connectivity index (χ3n) is 5.29. The summed E-state index contributed by atoms with van der Waals surface area (Å²) in [4.78, 5) is 50.3. The minimum Gasteiger partial charge on any atom is -0.493 e. The number of imide groups is 1. The fourth-order valence-electron chi connectivity index (χ4n) is 3.59. The minimum atomic E-state index is -0.706. The molecule has 1 heterocycles. The molecule has 37 heavy (non-hydrogen) atoms. The molecule has 2 aromatic carbocycles. The molecule has 10 heteroatoms. The fraction of sp³-hybridized carbons (Fsp3) is 0.259. The zero-order chi connectivity index (χ0) is 26.9. The highest BCUT2D eigenvalue weighted by Crippen LogP contribution is 2.34. The number of anilines is 1. The molecule has 10 nitrogen and oxygen atoms in total. The van der Waals surface area contributed by atoms with Gasteiger partial charge in [-0.25, -0.2) is 14.5 Å². The molecule has 1 fully saturated rings. The van der Waals surface area contributed by atoms with Gasteiger partial charge in [0.1, 0.15) is 12.2 Å². The van der Waals surface area contributed by atoms with Crippen LogP contribution in [-0.4, -0.2) is 55.6 Å². The van der Waals surface area contributed by atoms with E-state index in [0.717, 1.165) is 10.5 Å². The first kappa shape index (κ1) is 27.0. The number of urea groups is 1. The van der Waals surface area contributed by atoms with Crippen molar-refractivity contribution in [1.82, 2.24) is 10.2 Å². The molecule has 0 aliphatic carbocycles. The van der Waals surface area contributed by atoms with E-state index in [2.05, 4.69) is 17.2 Å². The first-order valence-corrected chi connectivity index (χ1v) is 11.6. The molecule has 2 aromatic rings. The Balaban J connectivity index is 1.78. The molecule has 0 aromatic heterocycles. The number of carbonyl (C=O) groups excluding carboxylic acids is 4. The molecule has 2 N–H and O–H groups in total. The average Bonchev–Trinajstić information content (AvgIpc) is 3.12. The van der Waals surface area contributed by atoms with Crippen molar-refractivity contribution >= 4 is 35.6 Å². The summed E-state index contributed by atoms with van der Waals surface area (Å²) in [6, 6.07) is 9.77. The molecule has 1 aliphatic heterocycles. The van der Waals surface area contributed by atoms with E-state index in [4.69, 9.17) is 14.2 Å². The Labute approximate surface area is 214 Å². The van der Waals surface area contributed by atoms with E-state index in [0.29, 0.717) is 34.7 Å². The highest BCUT2D eigenvalue weighted by molar-refractivity contribution is 6.16. The van der Waals surface area contributed by atoms with E-state index in [1.807, 2.05) is 19.1 Å². The largest absolute Gasteiger partial charge is 0.493 e. The number of methoxy groups -OCH3 is 1. The summed E-state index contributed by atoms with van der Waals surface area (Å²) in [5, 5.41) is 5.17. The van der Waals surface area contributed by atoms with Crippen molar-refractivity contribution < 1.29 is 33.4 Å². The summed E-state index contributed by atoms with van der Waals surface area (Å²) in [7, 11) is 1.44. The lowest BCUT2D eigenvalue weighted by molar-refractivity contribution is -0.145. The smallest absolute Gasteiger partial charge is 0.344 e. The number of nitrogens with one attached hydrogen (secondary N) is 2. The van der Waals surface area contributed by atoms with Crippen molar-refractivity contribution in [3.63, 3.8) is 0 Å². The Bertz CT molecular complexity index is 1240. The Morgan fingerprint density at radius 2 is 1.89 bits per heavy atom. The first-order valence-electron chi connectivity index (χ1n) is 11.6. The van der Waals surface area contributed by atoms with Gasteiger partial charge in [-0.15, -0.1) is 6.58 Å². The molecule has 0 atom stereocenters. The SMILES string of the molecule is C=CCc1cc(/C=C2/NC(=O)N(CC(=O)Nc3ccc(C)cc3)C2=O)cc(OC)c1OCC(=O)OCC. The van der Waals surface area contributed by atoms with E-state index in [1.54, 1.807) is 37.3 Å². The topological polar surface area (TPSA) is 123 Å². The monoisotopic (exact) mass is 507 g/mol. The zero-order valence-electron chi connectivity index (χ0n) is 21.0. The molecule has 1 saturated heterocycles. The van der Waals surface area contributed by atoms with E-state index >= 15 is 0 Å². The van der Waals surface area contributed by atoms with Crippen LogP contribution in [0.2, 0.25) is 0 Å². The number of nitrogens with zero attached hydrogens (tertiary/aromatic N) is 1. The number of esters is 1. The maximum atomic E-state index is 12.9. The number of aryl methyl sites for hydroxylation is 1. The summed E-state index contributed by atoms with van der Waals surface area (Å²) in [6.07, 6.45) is 3.51. The molecule has 194 valence electrons. The molecular weight excluding hydrogens is 478 g/mol. The second kappa shape index (κ2) is 12.4. The second-order valence-corrected chi connectivity index (χ2v) is 8.09. The number of benzene rings is 2. The van der Waals surface area contributed by atoms with Gasteiger partial charge >= 0.3 is 12.0 Å². The number of ether oxygens (including phenoxy) is 3. The van der Waals surface area contributed by atoms with Crippen LogP contribution in [-0.2, 0) is 25.5 Å².